The van der Waals surface area contributed by atoms with Crippen LogP contribution in [0.4, 0.5) is 0 Å². The minimum absolute atomic E-state index is 0.222. The van der Waals surface area contributed by atoms with Crippen LogP contribution in [-0.2, 0) is 19.4 Å². The van der Waals surface area contributed by atoms with E-state index in [1.807, 2.05) is 4.68 Å². The third kappa shape index (κ3) is 3.14. The van der Waals surface area contributed by atoms with E-state index in [0.29, 0.717) is 12.5 Å². The molecule has 18 heavy (non-hydrogen) atoms. The van der Waals surface area contributed by atoms with Crippen molar-refractivity contribution >= 4 is 0 Å². The van der Waals surface area contributed by atoms with Crippen LogP contribution in [-0.4, -0.2) is 21.0 Å². The summed E-state index contributed by atoms with van der Waals surface area (Å²) in [6.07, 6.45) is 8.01. The van der Waals surface area contributed by atoms with Gasteiger partial charge in [0.25, 0.3) is 0 Å². The molecule has 0 bridgehead atoms. The lowest BCUT2D eigenvalue weighted by atomic mass is 9.85. The van der Waals surface area contributed by atoms with Gasteiger partial charge in [-0.1, -0.05) is 33.1 Å². The summed E-state index contributed by atoms with van der Waals surface area (Å²) >= 11 is 0. The number of hydrogen-bond acceptors (Lipinski definition) is 2. The molecule has 1 aromatic heterocycles. The van der Waals surface area contributed by atoms with Crippen molar-refractivity contribution in [2.75, 3.05) is 0 Å². The number of aromatic nitrogens is 2. The van der Waals surface area contributed by atoms with E-state index in [0.717, 1.165) is 18.5 Å². The van der Waals surface area contributed by atoms with Gasteiger partial charge in [-0.15, -0.1) is 0 Å². The molecule has 0 saturated heterocycles. The van der Waals surface area contributed by atoms with Crippen molar-refractivity contribution in [1.82, 2.24) is 9.78 Å². The maximum Gasteiger partial charge on any atom is 0.0764 e. The summed E-state index contributed by atoms with van der Waals surface area (Å²) in [5, 5.41) is 15.0. The molecule has 1 aliphatic rings. The molecule has 102 valence electrons. The van der Waals surface area contributed by atoms with Gasteiger partial charge >= 0.3 is 0 Å². The maximum absolute atomic E-state index is 10.4. The molecule has 1 aliphatic carbocycles. The van der Waals surface area contributed by atoms with Crippen LogP contribution in [0.5, 0.6) is 0 Å². The first-order valence-corrected chi connectivity index (χ1v) is 7.48. The summed E-state index contributed by atoms with van der Waals surface area (Å²) in [7, 11) is 0. The first kappa shape index (κ1) is 13.6. The molecule has 0 radical (unpaired) electrons. The quantitative estimate of drug-likeness (QED) is 0.872. The molecule has 3 heteroatoms. The minimum Gasteiger partial charge on any atom is -0.391 e. The number of aryl methyl sites for hydroxylation is 2. The third-order valence-electron chi connectivity index (χ3n) is 4.19. The predicted molar refractivity (Wildman–Crippen MR) is 73.6 cm³/mol. The number of aliphatic hydroxyl groups excluding tert-OH is 1. The second kappa shape index (κ2) is 6.37. The van der Waals surface area contributed by atoms with Gasteiger partial charge in [-0.2, -0.15) is 5.10 Å². The Morgan fingerprint density at radius 1 is 1.28 bits per heavy atom. The summed E-state index contributed by atoms with van der Waals surface area (Å²) in [5.74, 6) is 0.484. The first-order valence-electron chi connectivity index (χ1n) is 7.48. The highest BCUT2D eigenvalue weighted by molar-refractivity contribution is 5.10. The fourth-order valence-corrected chi connectivity index (χ4v) is 2.98. The molecule has 2 rings (SSSR count). The van der Waals surface area contributed by atoms with Crippen LogP contribution < -0.4 is 0 Å². The molecule has 1 atom stereocenters. The highest BCUT2D eigenvalue weighted by Gasteiger charge is 2.22. The molecule has 1 aromatic rings. The summed E-state index contributed by atoms with van der Waals surface area (Å²) in [6.45, 7) is 4.96. The Morgan fingerprint density at radius 2 is 2.00 bits per heavy atom. The van der Waals surface area contributed by atoms with Crippen molar-refractivity contribution in [3.63, 3.8) is 0 Å². The van der Waals surface area contributed by atoms with Crippen molar-refractivity contribution in [2.24, 2.45) is 5.92 Å². The zero-order valence-electron chi connectivity index (χ0n) is 11.7. The van der Waals surface area contributed by atoms with E-state index in [1.165, 1.54) is 37.8 Å². The molecule has 0 aromatic carbocycles. The number of rotatable bonds is 5. The van der Waals surface area contributed by atoms with Crippen LogP contribution in [0.1, 0.15) is 57.3 Å². The summed E-state index contributed by atoms with van der Waals surface area (Å²) in [5.41, 5.74) is 2.39. The van der Waals surface area contributed by atoms with Gasteiger partial charge in [0, 0.05) is 5.69 Å². The SMILES string of the molecule is CCc1cc(CC)n(CC(O)C2CCCCC2)n1. The van der Waals surface area contributed by atoms with E-state index in [1.54, 1.807) is 0 Å². The van der Waals surface area contributed by atoms with Gasteiger partial charge in [0.15, 0.2) is 0 Å². The van der Waals surface area contributed by atoms with Crippen LogP contribution >= 0.6 is 0 Å². The molecule has 1 fully saturated rings. The Morgan fingerprint density at radius 3 is 2.61 bits per heavy atom. The summed E-state index contributed by atoms with van der Waals surface area (Å²) in [4.78, 5) is 0. The normalized spacial score (nSPS) is 19.1. The zero-order valence-corrected chi connectivity index (χ0v) is 11.7. The highest BCUT2D eigenvalue weighted by Crippen LogP contribution is 2.27. The summed E-state index contributed by atoms with van der Waals surface area (Å²) in [6, 6.07) is 2.17. The standard InChI is InChI=1S/C15H26N2O/c1-3-13-10-14(4-2)17(16-13)11-15(18)12-8-6-5-7-9-12/h10,12,15,18H,3-9,11H2,1-2H3. The molecule has 1 unspecified atom stereocenters. The molecule has 1 N–H and O–H groups in total. The Bertz CT molecular complexity index is 367. The maximum atomic E-state index is 10.4. The molecule has 1 saturated carbocycles. The number of aliphatic hydroxyl groups is 1. The largest absolute Gasteiger partial charge is 0.391 e. The lowest BCUT2D eigenvalue weighted by molar-refractivity contribution is 0.0657. The van der Waals surface area contributed by atoms with Gasteiger partial charge in [0.05, 0.1) is 18.3 Å². The second-order valence-electron chi connectivity index (χ2n) is 5.48. The Labute approximate surface area is 110 Å². The van der Waals surface area contributed by atoms with E-state index in [9.17, 15) is 5.11 Å². The molecule has 0 spiro atoms. The van der Waals surface area contributed by atoms with Gasteiger partial charge in [-0.3, -0.25) is 4.68 Å². The van der Waals surface area contributed by atoms with Crippen molar-refractivity contribution < 1.29 is 5.11 Å². The smallest absolute Gasteiger partial charge is 0.0764 e. The molecular formula is C15H26N2O. The second-order valence-corrected chi connectivity index (χ2v) is 5.48. The Hall–Kier alpha value is -0.830. The molecule has 0 aliphatic heterocycles. The van der Waals surface area contributed by atoms with Gasteiger partial charge in [0.1, 0.15) is 0 Å². The van der Waals surface area contributed by atoms with Crippen LogP contribution in [0.15, 0.2) is 6.07 Å². The predicted octanol–water partition coefficient (Wildman–Crippen LogP) is 2.95. The van der Waals surface area contributed by atoms with Crippen molar-refractivity contribution in [1.29, 1.82) is 0 Å². The van der Waals surface area contributed by atoms with E-state index in [4.69, 9.17) is 0 Å². The van der Waals surface area contributed by atoms with Crippen LogP contribution in [0.25, 0.3) is 0 Å². The third-order valence-corrected chi connectivity index (χ3v) is 4.19. The van der Waals surface area contributed by atoms with E-state index in [-0.39, 0.29) is 6.10 Å². The topological polar surface area (TPSA) is 38.0 Å². The molecule has 1 heterocycles. The lowest BCUT2D eigenvalue weighted by Crippen LogP contribution is -2.28. The number of hydrogen-bond donors (Lipinski definition) is 1. The van der Waals surface area contributed by atoms with E-state index in [2.05, 4.69) is 25.0 Å². The molecule has 0 amide bonds. The van der Waals surface area contributed by atoms with Gasteiger partial charge in [-0.05, 0) is 37.7 Å². The van der Waals surface area contributed by atoms with Crippen LogP contribution in [0.3, 0.4) is 0 Å². The van der Waals surface area contributed by atoms with Crippen molar-refractivity contribution in [3.05, 3.63) is 17.5 Å². The summed E-state index contributed by atoms with van der Waals surface area (Å²) < 4.78 is 2.03. The zero-order chi connectivity index (χ0) is 13.0. The lowest BCUT2D eigenvalue weighted by Gasteiger charge is -2.26. The first-order chi connectivity index (χ1) is 8.74. The van der Waals surface area contributed by atoms with Gasteiger partial charge in [0.2, 0.25) is 0 Å². The van der Waals surface area contributed by atoms with Crippen molar-refractivity contribution in [2.45, 2.75) is 71.4 Å². The fraction of sp³-hybridized carbons (Fsp3) is 0.800. The monoisotopic (exact) mass is 250 g/mol. The average molecular weight is 250 g/mol. The average Bonchev–Trinajstić information content (AvgIpc) is 2.82. The molecule has 3 nitrogen and oxygen atoms in total. The number of nitrogens with zero attached hydrogens (tertiary/aromatic N) is 2. The van der Waals surface area contributed by atoms with Gasteiger partial charge in [-0.25, -0.2) is 0 Å². The Balaban J connectivity index is 2.00. The van der Waals surface area contributed by atoms with E-state index < -0.39 is 0 Å². The van der Waals surface area contributed by atoms with Gasteiger partial charge < -0.3 is 5.11 Å². The van der Waals surface area contributed by atoms with Crippen molar-refractivity contribution in [3.8, 4) is 0 Å². The van der Waals surface area contributed by atoms with Crippen LogP contribution in [0.2, 0.25) is 0 Å². The highest BCUT2D eigenvalue weighted by atomic mass is 16.3. The Kier molecular flexibility index (Phi) is 4.81. The van der Waals surface area contributed by atoms with E-state index >= 15 is 0 Å². The molecular weight excluding hydrogens is 224 g/mol. The fourth-order valence-electron chi connectivity index (χ4n) is 2.98. The van der Waals surface area contributed by atoms with Crippen LogP contribution in [0, 0.1) is 5.92 Å². The minimum atomic E-state index is -0.222.